The van der Waals surface area contributed by atoms with Gasteiger partial charge in [0.25, 0.3) is 0 Å². The first-order valence-electron chi connectivity index (χ1n) is 7.40. The molecule has 1 aromatic rings. The third-order valence-corrected chi connectivity index (χ3v) is 4.09. The first kappa shape index (κ1) is 15.5. The van der Waals surface area contributed by atoms with Crippen LogP contribution in [0.25, 0.3) is 0 Å². The molecule has 0 atom stereocenters. The van der Waals surface area contributed by atoms with Gasteiger partial charge in [0.2, 0.25) is 11.8 Å². The fourth-order valence-electron chi connectivity index (χ4n) is 2.75. The number of benzene rings is 1. The lowest BCUT2D eigenvalue weighted by molar-refractivity contribution is -0.122. The average molecular weight is 289 g/mol. The summed E-state index contributed by atoms with van der Waals surface area (Å²) in [6, 6.07) is 5.44. The molecule has 0 aromatic heterocycles. The Balaban J connectivity index is 2.15. The topological polar surface area (TPSA) is 84.2 Å². The number of anilines is 2. The minimum Gasteiger partial charge on any atom is -0.326 e. The third-order valence-electron chi connectivity index (χ3n) is 4.09. The number of hydrogen-bond donors (Lipinski definition) is 3. The van der Waals surface area contributed by atoms with Crippen molar-refractivity contribution >= 4 is 23.2 Å². The summed E-state index contributed by atoms with van der Waals surface area (Å²) < 4.78 is 0. The van der Waals surface area contributed by atoms with E-state index in [1.54, 1.807) is 6.07 Å². The van der Waals surface area contributed by atoms with Gasteiger partial charge < -0.3 is 16.4 Å². The molecule has 2 amide bonds. The maximum absolute atomic E-state index is 12.5. The van der Waals surface area contributed by atoms with Gasteiger partial charge >= 0.3 is 0 Å². The van der Waals surface area contributed by atoms with Crippen LogP contribution in [0.4, 0.5) is 11.4 Å². The summed E-state index contributed by atoms with van der Waals surface area (Å²) in [5.41, 5.74) is 7.70. The van der Waals surface area contributed by atoms with Crippen LogP contribution in [0.5, 0.6) is 0 Å². The van der Waals surface area contributed by atoms with Gasteiger partial charge in [-0.3, -0.25) is 9.59 Å². The summed E-state index contributed by atoms with van der Waals surface area (Å²) in [5, 5.41) is 5.67. The van der Waals surface area contributed by atoms with Gasteiger partial charge in [0.1, 0.15) is 0 Å². The van der Waals surface area contributed by atoms with Crippen LogP contribution < -0.4 is 16.4 Å². The third kappa shape index (κ3) is 3.61. The van der Waals surface area contributed by atoms with Crippen LogP contribution in [0.3, 0.4) is 0 Å². The molecule has 114 valence electrons. The molecule has 0 radical (unpaired) electrons. The van der Waals surface area contributed by atoms with Crippen molar-refractivity contribution in [2.45, 2.75) is 51.5 Å². The van der Waals surface area contributed by atoms with Crippen molar-refractivity contribution in [3.05, 3.63) is 23.8 Å². The van der Waals surface area contributed by atoms with Gasteiger partial charge in [0.05, 0.1) is 5.54 Å². The van der Waals surface area contributed by atoms with Gasteiger partial charge in [-0.25, -0.2) is 0 Å². The molecule has 2 rings (SSSR count). The van der Waals surface area contributed by atoms with E-state index in [2.05, 4.69) is 10.6 Å². The van der Waals surface area contributed by atoms with E-state index in [1.807, 2.05) is 19.1 Å². The van der Waals surface area contributed by atoms with E-state index in [0.29, 0.717) is 11.4 Å². The van der Waals surface area contributed by atoms with Crippen molar-refractivity contribution in [1.82, 2.24) is 0 Å². The van der Waals surface area contributed by atoms with Crippen LogP contribution in [0.15, 0.2) is 18.2 Å². The molecule has 5 nitrogen and oxygen atoms in total. The van der Waals surface area contributed by atoms with E-state index in [-0.39, 0.29) is 11.8 Å². The number of nitrogens with two attached hydrogens (primary N) is 1. The molecular weight excluding hydrogens is 266 g/mol. The zero-order valence-electron chi connectivity index (χ0n) is 12.7. The zero-order chi connectivity index (χ0) is 15.5. The predicted octanol–water partition coefficient (Wildman–Crippen LogP) is 2.55. The molecule has 21 heavy (non-hydrogen) atoms. The molecule has 0 saturated heterocycles. The Morgan fingerprint density at radius 2 is 1.67 bits per heavy atom. The van der Waals surface area contributed by atoms with Crippen molar-refractivity contribution in [2.24, 2.45) is 5.73 Å². The Kier molecular flexibility index (Phi) is 4.63. The number of rotatable bonds is 3. The molecule has 0 unspecified atom stereocenters. The Bertz CT molecular complexity index is 548. The molecule has 1 aliphatic carbocycles. The summed E-state index contributed by atoms with van der Waals surface area (Å²) in [6.07, 6.45) is 4.58. The van der Waals surface area contributed by atoms with Crippen LogP contribution in [0.1, 0.15) is 44.6 Å². The van der Waals surface area contributed by atoms with Crippen molar-refractivity contribution in [1.29, 1.82) is 0 Å². The van der Waals surface area contributed by atoms with Gasteiger partial charge in [-0.1, -0.05) is 25.3 Å². The van der Waals surface area contributed by atoms with Gasteiger partial charge in [-0.05, 0) is 37.5 Å². The van der Waals surface area contributed by atoms with E-state index < -0.39 is 5.54 Å². The molecule has 1 saturated carbocycles. The molecular formula is C16H23N3O2. The van der Waals surface area contributed by atoms with E-state index in [4.69, 9.17) is 5.73 Å². The highest BCUT2D eigenvalue weighted by molar-refractivity contribution is 6.00. The molecule has 0 bridgehead atoms. The van der Waals surface area contributed by atoms with Gasteiger partial charge in [0.15, 0.2) is 0 Å². The van der Waals surface area contributed by atoms with E-state index in [0.717, 1.165) is 37.7 Å². The van der Waals surface area contributed by atoms with Gasteiger partial charge in [-0.2, -0.15) is 0 Å². The average Bonchev–Trinajstić information content (AvgIpc) is 2.43. The van der Waals surface area contributed by atoms with Crippen molar-refractivity contribution in [3.63, 3.8) is 0 Å². The Labute approximate surface area is 125 Å². The normalized spacial score (nSPS) is 17.1. The first-order chi connectivity index (χ1) is 9.92. The zero-order valence-corrected chi connectivity index (χ0v) is 12.7. The molecule has 5 heteroatoms. The molecule has 0 spiro atoms. The lowest BCUT2D eigenvalue weighted by atomic mass is 9.82. The van der Waals surface area contributed by atoms with E-state index >= 15 is 0 Å². The number of hydrogen-bond acceptors (Lipinski definition) is 3. The highest BCUT2D eigenvalue weighted by Gasteiger charge is 2.35. The molecule has 0 heterocycles. The number of amides is 2. The van der Waals surface area contributed by atoms with Crippen molar-refractivity contribution in [2.75, 3.05) is 10.6 Å². The minimum atomic E-state index is -0.769. The summed E-state index contributed by atoms with van der Waals surface area (Å²) in [4.78, 5) is 23.6. The quantitative estimate of drug-likeness (QED) is 0.799. The highest BCUT2D eigenvalue weighted by atomic mass is 16.2. The highest BCUT2D eigenvalue weighted by Crippen LogP contribution is 2.29. The smallest absolute Gasteiger partial charge is 0.244 e. The number of carbonyl (C=O) groups excluding carboxylic acids is 2. The standard InChI is InChI=1S/C16H23N3O2/c1-11-13(18-12(2)20)7-6-8-14(11)19-15(21)16(17)9-4-3-5-10-16/h6-8H,3-5,9-10,17H2,1-2H3,(H,18,20)(H,19,21). The maximum atomic E-state index is 12.5. The molecule has 1 fully saturated rings. The first-order valence-corrected chi connectivity index (χ1v) is 7.40. The van der Waals surface area contributed by atoms with Crippen molar-refractivity contribution < 1.29 is 9.59 Å². The second-order valence-electron chi connectivity index (χ2n) is 5.83. The second kappa shape index (κ2) is 6.26. The minimum absolute atomic E-state index is 0.134. The molecule has 1 aliphatic rings. The largest absolute Gasteiger partial charge is 0.326 e. The molecule has 1 aromatic carbocycles. The number of nitrogens with one attached hydrogen (secondary N) is 2. The monoisotopic (exact) mass is 289 g/mol. The van der Waals surface area contributed by atoms with Gasteiger partial charge in [-0.15, -0.1) is 0 Å². The maximum Gasteiger partial charge on any atom is 0.244 e. The van der Waals surface area contributed by atoms with Crippen LogP contribution in [-0.2, 0) is 9.59 Å². The SMILES string of the molecule is CC(=O)Nc1cccc(NC(=O)C2(N)CCCCC2)c1C. The lowest BCUT2D eigenvalue weighted by Crippen LogP contribution is -2.52. The Morgan fingerprint density at radius 1 is 1.10 bits per heavy atom. The second-order valence-corrected chi connectivity index (χ2v) is 5.83. The van der Waals surface area contributed by atoms with E-state index in [1.165, 1.54) is 6.92 Å². The van der Waals surface area contributed by atoms with Crippen LogP contribution in [0.2, 0.25) is 0 Å². The van der Waals surface area contributed by atoms with E-state index in [9.17, 15) is 9.59 Å². The molecule has 0 aliphatic heterocycles. The predicted molar refractivity (Wildman–Crippen MR) is 84.1 cm³/mol. The fraction of sp³-hybridized carbons (Fsp3) is 0.500. The Morgan fingerprint density at radius 3 is 2.24 bits per heavy atom. The molecule has 4 N–H and O–H groups in total. The summed E-state index contributed by atoms with van der Waals surface area (Å²) in [5.74, 6) is -0.269. The fourth-order valence-corrected chi connectivity index (χ4v) is 2.75. The summed E-state index contributed by atoms with van der Waals surface area (Å²) >= 11 is 0. The van der Waals surface area contributed by atoms with Crippen molar-refractivity contribution in [3.8, 4) is 0 Å². The Hall–Kier alpha value is -1.88. The summed E-state index contributed by atoms with van der Waals surface area (Å²) in [7, 11) is 0. The van der Waals surface area contributed by atoms with Crippen LogP contribution in [0, 0.1) is 6.92 Å². The lowest BCUT2D eigenvalue weighted by Gasteiger charge is -2.32. The van der Waals surface area contributed by atoms with Crippen LogP contribution >= 0.6 is 0 Å². The van der Waals surface area contributed by atoms with Gasteiger partial charge in [0, 0.05) is 18.3 Å². The number of carbonyl (C=O) groups is 2. The summed E-state index contributed by atoms with van der Waals surface area (Å²) in [6.45, 7) is 3.33. The van der Waals surface area contributed by atoms with Crippen LogP contribution in [-0.4, -0.2) is 17.4 Å².